The molecule has 0 bridgehead atoms. The van der Waals surface area contributed by atoms with Crippen LogP contribution in [0.5, 0.6) is 11.5 Å². The monoisotopic (exact) mass is 361 g/mol. The van der Waals surface area contributed by atoms with Crippen molar-refractivity contribution in [2.45, 2.75) is 26.3 Å². The minimum atomic E-state index is -1.06. The van der Waals surface area contributed by atoms with E-state index >= 15 is 0 Å². The van der Waals surface area contributed by atoms with Crippen LogP contribution < -0.4 is 14.8 Å². The molecule has 2 aromatic rings. The highest BCUT2D eigenvalue weighted by Crippen LogP contribution is 2.31. The number of nitrogens with one attached hydrogen (secondary N) is 2. The SMILES string of the molecule is COc1ccc(-c2cc(C(=O)NC(CC(C)C)C(=O)O)[nH]n2)cc1OC. The summed E-state index contributed by atoms with van der Waals surface area (Å²) in [7, 11) is 3.08. The van der Waals surface area contributed by atoms with E-state index in [1.807, 2.05) is 13.8 Å². The lowest BCUT2D eigenvalue weighted by molar-refractivity contribution is -0.139. The third-order valence-corrected chi connectivity index (χ3v) is 3.81. The van der Waals surface area contributed by atoms with Gasteiger partial charge in [0.2, 0.25) is 0 Å². The van der Waals surface area contributed by atoms with Gasteiger partial charge in [-0.2, -0.15) is 5.10 Å². The summed E-state index contributed by atoms with van der Waals surface area (Å²) in [5, 5.41) is 18.5. The molecule has 0 fully saturated rings. The summed E-state index contributed by atoms with van der Waals surface area (Å²) in [6.45, 7) is 3.79. The number of rotatable bonds is 8. The molecular formula is C18H23N3O5. The van der Waals surface area contributed by atoms with Crippen LogP contribution in [0.15, 0.2) is 24.3 Å². The van der Waals surface area contributed by atoms with Crippen molar-refractivity contribution in [2.24, 2.45) is 5.92 Å². The molecule has 140 valence electrons. The molecule has 8 nitrogen and oxygen atoms in total. The summed E-state index contributed by atoms with van der Waals surface area (Å²) >= 11 is 0. The van der Waals surface area contributed by atoms with Crippen LogP contribution in [0.3, 0.4) is 0 Å². The van der Waals surface area contributed by atoms with Gasteiger partial charge in [0.25, 0.3) is 5.91 Å². The Morgan fingerprint density at radius 2 is 1.88 bits per heavy atom. The number of ether oxygens (including phenoxy) is 2. The Balaban J connectivity index is 2.18. The van der Waals surface area contributed by atoms with Crippen LogP contribution >= 0.6 is 0 Å². The first-order valence-corrected chi connectivity index (χ1v) is 8.17. The summed E-state index contributed by atoms with van der Waals surface area (Å²) in [5.41, 5.74) is 1.45. The molecule has 26 heavy (non-hydrogen) atoms. The largest absolute Gasteiger partial charge is 0.493 e. The van der Waals surface area contributed by atoms with E-state index in [0.29, 0.717) is 23.6 Å². The highest BCUT2D eigenvalue weighted by Gasteiger charge is 2.23. The van der Waals surface area contributed by atoms with E-state index in [4.69, 9.17) is 9.47 Å². The number of hydrogen-bond acceptors (Lipinski definition) is 5. The second kappa shape index (κ2) is 8.37. The average molecular weight is 361 g/mol. The predicted molar refractivity (Wildman–Crippen MR) is 95.5 cm³/mol. The maximum absolute atomic E-state index is 12.3. The smallest absolute Gasteiger partial charge is 0.326 e. The Kier molecular flexibility index (Phi) is 6.21. The number of hydrogen-bond donors (Lipinski definition) is 3. The zero-order valence-corrected chi connectivity index (χ0v) is 15.2. The predicted octanol–water partition coefficient (Wildman–Crippen LogP) is 2.32. The molecule has 1 heterocycles. The summed E-state index contributed by atoms with van der Waals surface area (Å²) in [6, 6.07) is 5.89. The molecule has 3 N–H and O–H groups in total. The quantitative estimate of drug-likeness (QED) is 0.665. The number of aromatic amines is 1. The van der Waals surface area contributed by atoms with Gasteiger partial charge in [-0.3, -0.25) is 9.89 Å². The van der Waals surface area contributed by atoms with Gasteiger partial charge < -0.3 is 19.9 Å². The third kappa shape index (κ3) is 4.53. The molecule has 0 spiro atoms. The van der Waals surface area contributed by atoms with Crippen molar-refractivity contribution in [3.63, 3.8) is 0 Å². The molecule has 0 saturated carbocycles. The molecule has 0 aliphatic heterocycles. The summed E-state index contributed by atoms with van der Waals surface area (Å²) in [6.07, 6.45) is 0.345. The van der Waals surface area contributed by atoms with E-state index in [1.54, 1.807) is 31.4 Å². The van der Waals surface area contributed by atoms with Crippen molar-refractivity contribution < 1.29 is 24.2 Å². The van der Waals surface area contributed by atoms with Gasteiger partial charge in [0.15, 0.2) is 11.5 Å². The summed E-state index contributed by atoms with van der Waals surface area (Å²) < 4.78 is 10.5. The molecule has 8 heteroatoms. The van der Waals surface area contributed by atoms with Gasteiger partial charge in [-0.05, 0) is 36.6 Å². The van der Waals surface area contributed by atoms with Crippen LogP contribution in [0.4, 0.5) is 0 Å². The minimum Gasteiger partial charge on any atom is -0.493 e. The van der Waals surface area contributed by atoms with Gasteiger partial charge in [0.1, 0.15) is 11.7 Å². The second-order valence-corrected chi connectivity index (χ2v) is 6.23. The number of amides is 1. The van der Waals surface area contributed by atoms with E-state index in [9.17, 15) is 14.7 Å². The maximum atomic E-state index is 12.3. The highest BCUT2D eigenvalue weighted by molar-refractivity contribution is 5.95. The van der Waals surface area contributed by atoms with Crippen LogP contribution in [0.2, 0.25) is 0 Å². The molecule has 0 radical (unpaired) electrons. The summed E-state index contributed by atoms with van der Waals surface area (Å²) in [4.78, 5) is 23.6. The van der Waals surface area contributed by atoms with Gasteiger partial charge in [-0.1, -0.05) is 13.8 Å². The normalized spacial score (nSPS) is 11.9. The van der Waals surface area contributed by atoms with Gasteiger partial charge in [-0.25, -0.2) is 4.79 Å². The first kappa shape index (κ1) is 19.3. The fourth-order valence-corrected chi connectivity index (χ4v) is 2.51. The standard InChI is InChI=1S/C18H23N3O5/c1-10(2)7-14(18(23)24)19-17(22)13-9-12(20-21-13)11-5-6-15(25-3)16(8-11)26-4/h5-6,8-10,14H,7H2,1-4H3,(H,19,22)(H,20,21)(H,23,24). The van der Waals surface area contributed by atoms with E-state index < -0.39 is 17.9 Å². The van der Waals surface area contributed by atoms with Gasteiger partial charge in [0, 0.05) is 5.56 Å². The van der Waals surface area contributed by atoms with Crippen molar-refractivity contribution in [3.8, 4) is 22.8 Å². The molecule has 0 aliphatic carbocycles. The number of carbonyl (C=O) groups excluding carboxylic acids is 1. The van der Waals surface area contributed by atoms with Gasteiger partial charge in [0.05, 0.1) is 19.9 Å². The number of aliphatic carboxylic acids is 1. The number of aromatic nitrogens is 2. The number of carboxylic acids is 1. The number of H-pyrrole nitrogens is 1. The van der Waals surface area contributed by atoms with E-state index in [-0.39, 0.29) is 11.6 Å². The topological polar surface area (TPSA) is 114 Å². The Hall–Kier alpha value is -3.03. The van der Waals surface area contributed by atoms with E-state index in [2.05, 4.69) is 15.5 Å². The van der Waals surface area contributed by atoms with E-state index in [0.717, 1.165) is 5.56 Å². The summed E-state index contributed by atoms with van der Waals surface area (Å²) in [5.74, 6) is -0.311. The first-order chi connectivity index (χ1) is 12.3. The second-order valence-electron chi connectivity index (χ2n) is 6.23. The first-order valence-electron chi connectivity index (χ1n) is 8.17. The molecule has 1 atom stereocenters. The van der Waals surface area contributed by atoms with Crippen LogP contribution in [-0.4, -0.2) is 47.4 Å². The maximum Gasteiger partial charge on any atom is 0.326 e. The lowest BCUT2D eigenvalue weighted by Crippen LogP contribution is -2.41. The van der Waals surface area contributed by atoms with Crippen molar-refractivity contribution in [3.05, 3.63) is 30.0 Å². The number of carbonyl (C=O) groups is 2. The molecule has 2 rings (SSSR count). The molecule has 1 aromatic carbocycles. The van der Waals surface area contributed by atoms with Crippen molar-refractivity contribution in [1.29, 1.82) is 0 Å². The number of carboxylic acid groups (broad SMARTS) is 1. The number of benzene rings is 1. The number of nitrogens with zero attached hydrogens (tertiary/aromatic N) is 1. The Morgan fingerprint density at radius 1 is 1.19 bits per heavy atom. The highest BCUT2D eigenvalue weighted by atomic mass is 16.5. The van der Waals surface area contributed by atoms with Crippen LogP contribution in [0.1, 0.15) is 30.8 Å². The Morgan fingerprint density at radius 3 is 2.46 bits per heavy atom. The van der Waals surface area contributed by atoms with Gasteiger partial charge >= 0.3 is 5.97 Å². The molecule has 1 unspecified atom stereocenters. The number of methoxy groups -OCH3 is 2. The fourth-order valence-electron chi connectivity index (χ4n) is 2.51. The van der Waals surface area contributed by atoms with E-state index in [1.165, 1.54) is 7.11 Å². The van der Waals surface area contributed by atoms with Crippen LogP contribution in [-0.2, 0) is 4.79 Å². The molecule has 1 aromatic heterocycles. The molecular weight excluding hydrogens is 338 g/mol. The zero-order valence-electron chi connectivity index (χ0n) is 15.2. The van der Waals surface area contributed by atoms with Gasteiger partial charge in [-0.15, -0.1) is 0 Å². The lowest BCUT2D eigenvalue weighted by Gasteiger charge is -2.15. The molecule has 0 aliphatic rings. The van der Waals surface area contributed by atoms with Crippen LogP contribution in [0.25, 0.3) is 11.3 Å². The lowest BCUT2D eigenvalue weighted by atomic mass is 10.0. The van der Waals surface area contributed by atoms with Crippen LogP contribution in [0, 0.1) is 5.92 Å². The van der Waals surface area contributed by atoms with Crippen molar-refractivity contribution >= 4 is 11.9 Å². The fraction of sp³-hybridized carbons (Fsp3) is 0.389. The molecule has 0 saturated heterocycles. The minimum absolute atomic E-state index is 0.139. The zero-order chi connectivity index (χ0) is 19.3. The Bertz CT molecular complexity index is 785. The van der Waals surface area contributed by atoms with Crippen molar-refractivity contribution in [1.82, 2.24) is 15.5 Å². The third-order valence-electron chi connectivity index (χ3n) is 3.81. The Labute approximate surface area is 151 Å². The molecule has 1 amide bonds. The average Bonchev–Trinajstić information content (AvgIpc) is 3.10. The van der Waals surface area contributed by atoms with Crippen molar-refractivity contribution in [2.75, 3.05) is 14.2 Å².